The minimum absolute atomic E-state index is 0.520. The van der Waals surface area contributed by atoms with E-state index in [1.165, 1.54) is 37.0 Å². The predicted octanol–water partition coefficient (Wildman–Crippen LogP) is 5.49. The summed E-state index contributed by atoms with van der Waals surface area (Å²) in [6.07, 6.45) is 6.71. The molecule has 1 aromatic heterocycles. The van der Waals surface area contributed by atoms with Crippen molar-refractivity contribution in [2.45, 2.75) is 65.5 Å². The van der Waals surface area contributed by atoms with Crippen molar-refractivity contribution in [1.82, 2.24) is 5.32 Å². The lowest BCUT2D eigenvalue weighted by atomic mass is 9.69. The number of hydrogen-bond donors (Lipinski definition) is 1. The Bertz CT molecular complexity index is 391. The van der Waals surface area contributed by atoms with Crippen LogP contribution in [-0.4, -0.2) is 6.04 Å². The summed E-state index contributed by atoms with van der Waals surface area (Å²) in [5.41, 5.74) is 0.520. The Kier molecular flexibility index (Phi) is 5.33. The van der Waals surface area contributed by atoms with Crippen molar-refractivity contribution in [2.75, 3.05) is 0 Å². The smallest absolute Gasteiger partial charge is 0.0516 e. The Morgan fingerprint density at radius 1 is 1.32 bits per heavy atom. The van der Waals surface area contributed by atoms with Gasteiger partial charge >= 0.3 is 0 Å². The van der Waals surface area contributed by atoms with E-state index in [9.17, 15) is 0 Å². The van der Waals surface area contributed by atoms with E-state index in [1.807, 2.05) is 5.38 Å². The molecule has 1 aliphatic carbocycles. The van der Waals surface area contributed by atoms with Crippen LogP contribution in [0.1, 0.15) is 57.8 Å². The van der Waals surface area contributed by atoms with Crippen LogP contribution in [0.15, 0.2) is 11.4 Å². The van der Waals surface area contributed by atoms with Gasteiger partial charge in [-0.25, -0.2) is 0 Å². The van der Waals surface area contributed by atoms with Crippen molar-refractivity contribution in [2.24, 2.45) is 11.3 Å². The average molecular weight is 300 g/mol. The third kappa shape index (κ3) is 4.21. The van der Waals surface area contributed by atoms with Crippen molar-refractivity contribution in [3.63, 3.8) is 0 Å². The summed E-state index contributed by atoms with van der Waals surface area (Å²) in [5, 5.41) is 6.58. The molecular weight excluding hydrogens is 274 g/mol. The van der Waals surface area contributed by atoms with Gasteiger partial charge in [0.1, 0.15) is 0 Å². The first-order valence-corrected chi connectivity index (χ1v) is 8.73. The van der Waals surface area contributed by atoms with Gasteiger partial charge in [0.25, 0.3) is 0 Å². The molecule has 1 aliphatic rings. The van der Waals surface area contributed by atoms with Crippen LogP contribution in [0, 0.1) is 11.3 Å². The van der Waals surface area contributed by atoms with Crippen LogP contribution in [0.2, 0.25) is 5.02 Å². The summed E-state index contributed by atoms with van der Waals surface area (Å²) >= 11 is 7.70. The lowest BCUT2D eigenvalue weighted by Gasteiger charge is -2.39. The van der Waals surface area contributed by atoms with Gasteiger partial charge in [-0.1, -0.05) is 38.8 Å². The first-order valence-electron chi connectivity index (χ1n) is 7.47. The highest BCUT2D eigenvalue weighted by molar-refractivity contribution is 7.10. The molecule has 1 N–H and O–H groups in total. The van der Waals surface area contributed by atoms with Crippen LogP contribution < -0.4 is 5.32 Å². The average Bonchev–Trinajstić information content (AvgIpc) is 2.83. The summed E-state index contributed by atoms with van der Waals surface area (Å²) in [6.45, 7) is 8.16. The highest BCUT2D eigenvalue weighted by Gasteiger charge is 2.31. The molecule has 0 spiro atoms. The molecule has 3 heteroatoms. The zero-order valence-electron chi connectivity index (χ0n) is 12.3. The molecule has 19 heavy (non-hydrogen) atoms. The molecule has 1 heterocycles. The summed E-state index contributed by atoms with van der Waals surface area (Å²) in [5.74, 6) is 0.909. The van der Waals surface area contributed by atoms with E-state index >= 15 is 0 Å². The van der Waals surface area contributed by atoms with Gasteiger partial charge in [-0.15, -0.1) is 11.3 Å². The van der Waals surface area contributed by atoms with Crippen LogP contribution in [0.4, 0.5) is 0 Å². The second-order valence-electron chi connectivity index (χ2n) is 6.50. The number of halogens is 1. The maximum absolute atomic E-state index is 5.95. The maximum atomic E-state index is 5.95. The minimum Gasteiger partial charge on any atom is -0.309 e. The standard InChI is InChI=1S/C16H26ClNS/c1-4-16(2,3)12-5-7-14(8-6-12)18-10-15-9-13(17)11-19-15/h9,11-12,14,18H,4-8,10H2,1-3H3. The molecule has 0 aliphatic heterocycles. The van der Waals surface area contributed by atoms with E-state index in [2.05, 4.69) is 32.2 Å². The van der Waals surface area contributed by atoms with E-state index in [0.717, 1.165) is 17.5 Å². The van der Waals surface area contributed by atoms with E-state index in [4.69, 9.17) is 11.6 Å². The van der Waals surface area contributed by atoms with Gasteiger partial charge in [0, 0.05) is 22.8 Å². The van der Waals surface area contributed by atoms with Gasteiger partial charge < -0.3 is 5.32 Å². The summed E-state index contributed by atoms with van der Waals surface area (Å²) in [4.78, 5) is 1.35. The maximum Gasteiger partial charge on any atom is 0.0516 e. The van der Waals surface area contributed by atoms with Crippen LogP contribution in [0.25, 0.3) is 0 Å². The number of rotatable bonds is 5. The van der Waals surface area contributed by atoms with E-state index < -0.39 is 0 Å². The molecule has 0 amide bonds. The Labute approximate surface area is 126 Å². The molecule has 108 valence electrons. The first kappa shape index (κ1) is 15.3. The van der Waals surface area contributed by atoms with Gasteiger partial charge in [-0.2, -0.15) is 0 Å². The van der Waals surface area contributed by atoms with Crippen LogP contribution >= 0.6 is 22.9 Å². The van der Waals surface area contributed by atoms with Crippen LogP contribution in [0.5, 0.6) is 0 Å². The SMILES string of the molecule is CCC(C)(C)C1CCC(NCc2cc(Cl)cs2)CC1. The topological polar surface area (TPSA) is 12.0 Å². The Morgan fingerprint density at radius 3 is 2.53 bits per heavy atom. The number of hydrogen-bond acceptors (Lipinski definition) is 2. The fourth-order valence-electron chi connectivity index (χ4n) is 3.06. The monoisotopic (exact) mass is 299 g/mol. The van der Waals surface area contributed by atoms with Crippen molar-refractivity contribution in [1.29, 1.82) is 0 Å². The largest absolute Gasteiger partial charge is 0.309 e. The molecule has 1 saturated carbocycles. The van der Waals surface area contributed by atoms with Gasteiger partial charge in [0.05, 0.1) is 5.02 Å². The number of thiophene rings is 1. The summed E-state index contributed by atoms with van der Waals surface area (Å²) in [7, 11) is 0. The molecule has 2 rings (SSSR count). The number of nitrogens with one attached hydrogen (secondary N) is 1. The molecule has 0 radical (unpaired) electrons. The lowest BCUT2D eigenvalue weighted by Crippen LogP contribution is -2.36. The van der Waals surface area contributed by atoms with Gasteiger partial charge in [-0.05, 0) is 43.1 Å². The zero-order valence-corrected chi connectivity index (χ0v) is 13.9. The van der Waals surface area contributed by atoms with E-state index in [1.54, 1.807) is 11.3 Å². The quantitative estimate of drug-likeness (QED) is 0.758. The fourth-order valence-corrected chi connectivity index (χ4v) is 4.08. The van der Waals surface area contributed by atoms with Crippen LogP contribution in [0.3, 0.4) is 0 Å². The van der Waals surface area contributed by atoms with Crippen molar-refractivity contribution >= 4 is 22.9 Å². The van der Waals surface area contributed by atoms with Crippen molar-refractivity contribution in [3.05, 3.63) is 21.3 Å². The first-order chi connectivity index (χ1) is 9.01. The summed E-state index contributed by atoms with van der Waals surface area (Å²) < 4.78 is 0. The Hall–Kier alpha value is -0.0500. The molecule has 1 nitrogen and oxygen atoms in total. The molecule has 0 aromatic carbocycles. The van der Waals surface area contributed by atoms with Crippen molar-refractivity contribution in [3.8, 4) is 0 Å². The highest BCUT2D eigenvalue weighted by atomic mass is 35.5. The molecule has 0 bridgehead atoms. The second-order valence-corrected chi connectivity index (χ2v) is 7.94. The Balaban J connectivity index is 1.74. The van der Waals surface area contributed by atoms with E-state index in [-0.39, 0.29) is 0 Å². The Morgan fingerprint density at radius 2 is 2.00 bits per heavy atom. The minimum atomic E-state index is 0.520. The second kappa shape index (κ2) is 6.60. The molecule has 1 aromatic rings. The third-order valence-electron chi connectivity index (χ3n) is 4.93. The zero-order chi connectivity index (χ0) is 13.9. The van der Waals surface area contributed by atoms with Gasteiger partial charge in [0.15, 0.2) is 0 Å². The normalized spacial score (nSPS) is 24.6. The summed E-state index contributed by atoms with van der Waals surface area (Å²) in [6, 6.07) is 2.77. The van der Waals surface area contributed by atoms with Gasteiger partial charge in [0.2, 0.25) is 0 Å². The molecule has 0 atom stereocenters. The molecule has 0 saturated heterocycles. The van der Waals surface area contributed by atoms with E-state index in [0.29, 0.717) is 11.5 Å². The lowest BCUT2D eigenvalue weighted by molar-refractivity contribution is 0.137. The third-order valence-corrected chi connectivity index (χ3v) is 6.21. The van der Waals surface area contributed by atoms with Gasteiger partial charge in [-0.3, -0.25) is 0 Å². The molecule has 1 fully saturated rings. The van der Waals surface area contributed by atoms with Crippen LogP contribution in [-0.2, 0) is 6.54 Å². The molecule has 0 unspecified atom stereocenters. The highest BCUT2D eigenvalue weighted by Crippen LogP contribution is 2.40. The predicted molar refractivity (Wildman–Crippen MR) is 86.0 cm³/mol. The fraction of sp³-hybridized carbons (Fsp3) is 0.750. The van der Waals surface area contributed by atoms with Crippen molar-refractivity contribution < 1.29 is 0 Å². The molecular formula is C16H26ClNS.